The minimum atomic E-state index is -0.995. The minimum Gasteiger partial charge on any atom is -0.465 e. The van der Waals surface area contributed by atoms with E-state index in [1.54, 1.807) is 25.2 Å². The van der Waals surface area contributed by atoms with Gasteiger partial charge in [-0.05, 0) is 6.07 Å². The summed E-state index contributed by atoms with van der Waals surface area (Å²) in [6.07, 6.45) is 0.336. The maximum atomic E-state index is 9.26. The van der Waals surface area contributed by atoms with Gasteiger partial charge in [0.2, 0.25) is 0 Å². The summed E-state index contributed by atoms with van der Waals surface area (Å²) in [6.45, 7) is 0. The third-order valence-corrected chi connectivity index (χ3v) is 2.02. The van der Waals surface area contributed by atoms with Crippen LogP contribution in [-0.2, 0) is 0 Å². The van der Waals surface area contributed by atoms with E-state index >= 15 is 0 Å². The average molecular weight is 260 g/mol. The highest BCUT2D eigenvalue weighted by Gasteiger charge is 2.01. The molecule has 0 aliphatic rings. The molecule has 1 aromatic rings. The second-order valence-electron chi connectivity index (χ2n) is 2.75. The topological polar surface area (TPSA) is 94.0 Å². The van der Waals surface area contributed by atoms with Crippen LogP contribution in [0.1, 0.15) is 5.56 Å². The van der Waals surface area contributed by atoms with Crippen LogP contribution in [0.3, 0.4) is 0 Å². The summed E-state index contributed by atoms with van der Waals surface area (Å²) in [5.41, 5.74) is 1.52. The van der Waals surface area contributed by atoms with Gasteiger partial charge >= 0.3 is 6.09 Å². The number of rotatable bonds is 2. The second kappa shape index (κ2) is 8.23. The van der Waals surface area contributed by atoms with E-state index in [9.17, 15) is 4.79 Å². The Morgan fingerprint density at radius 3 is 2.47 bits per heavy atom. The van der Waals surface area contributed by atoms with Gasteiger partial charge in [-0.3, -0.25) is 0 Å². The molecule has 0 spiro atoms. The smallest absolute Gasteiger partial charge is 0.404 e. The molecule has 6 nitrogen and oxygen atoms in total. The molecule has 0 saturated carbocycles. The van der Waals surface area contributed by atoms with Crippen molar-refractivity contribution in [2.45, 2.75) is 0 Å². The number of nitrogens with one attached hydrogen (secondary N) is 2. The SMILES string of the molecule is CNC(=O)O.CNc1c(Cl)cccc1/C=N\O. The lowest BCUT2D eigenvalue weighted by molar-refractivity contribution is 0.197. The van der Waals surface area contributed by atoms with Crippen molar-refractivity contribution < 1.29 is 15.1 Å². The Kier molecular flexibility index (Phi) is 7.29. The van der Waals surface area contributed by atoms with Crippen molar-refractivity contribution in [3.63, 3.8) is 0 Å². The number of benzene rings is 1. The van der Waals surface area contributed by atoms with Crippen LogP contribution in [0.2, 0.25) is 5.02 Å². The Morgan fingerprint density at radius 2 is 2.06 bits per heavy atom. The Morgan fingerprint density at radius 1 is 1.47 bits per heavy atom. The van der Waals surface area contributed by atoms with E-state index in [0.29, 0.717) is 5.02 Å². The number of hydrogen-bond acceptors (Lipinski definition) is 4. The van der Waals surface area contributed by atoms with E-state index in [2.05, 4.69) is 10.5 Å². The fraction of sp³-hybridized carbons (Fsp3) is 0.200. The van der Waals surface area contributed by atoms with Crippen molar-refractivity contribution >= 4 is 29.6 Å². The molecule has 1 rings (SSSR count). The molecule has 17 heavy (non-hydrogen) atoms. The van der Waals surface area contributed by atoms with Gasteiger partial charge in [0.25, 0.3) is 0 Å². The lowest BCUT2D eigenvalue weighted by Gasteiger charge is -2.05. The van der Waals surface area contributed by atoms with Gasteiger partial charge < -0.3 is 20.9 Å². The Labute approximate surface area is 104 Å². The summed E-state index contributed by atoms with van der Waals surface area (Å²) in [7, 11) is 3.11. The number of carbonyl (C=O) groups is 1. The molecule has 1 aromatic carbocycles. The van der Waals surface area contributed by atoms with Crippen LogP contribution in [0.4, 0.5) is 10.5 Å². The molecule has 0 radical (unpaired) electrons. The zero-order valence-corrected chi connectivity index (χ0v) is 10.2. The van der Waals surface area contributed by atoms with E-state index < -0.39 is 6.09 Å². The number of oxime groups is 1. The first-order valence-electron chi connectivity index (χ1n) is 4.61. The summed E-state index contributed by atoms with van der Waals surface area (Å²) < 4.78 is 0. The molecule has 0 heterocycles. The molecule has 0 unspecified atom stereocenters. The maximum Gasteiger partial charge on any atom is 0.404 e. The van der Waals surface area contributed by atoms with Crippen LogP contribution in [0.15, 0.2) is 23.4 Å². The molecule has 4 N–H and O–H groups in total. The van der Waals surface area contributed by atoms with E-state index in [1.165, 1.54) is 13.3 Å². The monoisotopic (exact) mass is 259 g/mol. The lowest BCUT2D eigenvalue weighted by atomic mass is 10.2. The van der Waals surface area contributed by atoms with Gasteiger partial charge in [0, 0.05) is 19.7 Å². The molecule has 0 bridgehead atoms. The van der Waals surface area contributed by atoms with Crippen LogP contribution < -0.4 is 10.6 Å². The first kappa shape index (κ1) is 15.0. The number of anilines is 1. The summed E-state index contributed by atoms with van der Waals surface area (Å²) in [4.78, 5) is 9.26. The Balaban J connectivity index is 0.000000437. The number of hydrogen-bond donors (Lipinski definition) is 4. The van der Waals surface area contributed by atoms with E-state index in [4.69, 9.17) is 21.9 Å². The Hall–Kier alpha value is -1.95. The van der Waals surface area contributed by atoms with Crippen LogP contribution in [-0.4, -0.2) is 36.7 Å². The second-order valence-corrected chi connectivity index (χ2v) is 3.16. The van der Waals surface area contributed by atoms with E-state index in [0.717, 1.165) is 11.3 Å². The summed E-state index contributed by atoms with van der Waals surface area (Å²) in [5.74, 6) is 0. The lowest BCUT2D eigenvalue weighted by Crippen LogP contribution is -2.13. The van der Waals surface area contributed by atoms with Crippen molar-refractivity contribution in [2.75, 3.05) is 19.4 Å². The molecule has 0 fully saturated rings. The maximum absolute atomic E-state index is 9.26. The van der Waals surface area contributed by atoms with Gasteiger partial charge in [-0.2, -0.15) is 0 Å². The van der Waals surface area contributed by atoms with Gasteiger partial charge in [-0.1, -0.05) is 28.9 Å². The molecule has 0 aliphatic heterocycles. The zero-order chi connectivity index (χ0) is 13.3. The number of carboxylic acid groups (broad SMARTS) is 1. The molecule has 0 atom stereocenters. The van der Waals surface area contributed by atoms with Crippen LogP contribution >= 0.6 is 11.6 Å². The molecule has 0 aliphatic carbocycles. The molecule has 94 valence electrons. The quantitative estimate of drug-likeness (QED) is 0.372. The predicted octanol–water partition coefficient (Wildman–Crippen LogP) is 2.07. The first-order valence-corrected chi connectivity index (χ1v) is 4.99. The van der Waals surface area contributed by atoms with Crippen LogP contribution in [0.25, 0.3) is 0 Å². The molecule has 0 saturated heterocycles. The molecule has 1 amide bonds. The van der Waals surface area contributed by atoms with Crippen molar-refractivity contribution in [3.05, 3.63) is 28.8 Å². The predicted molar refractivity (Wildman–Crippen MR) is 67.5 cm³/mol. The average Bonchev–Trinajstić information content (AvgIpc) is 2.30. The standard InChI is InChI=1S/C8H9ClN2O.C2H5NO2/c1-10-8-6(5-11-12)3-2-4-7(8)9;1-3-2(4)5/h2-5,10,12H,1H3;3H,1H3,(H,4,5)/b11-5-;. The fourth-order valence-electron chi connectivity index (χ4n) is 0.974. The first-order chi connectivity index (χ1) is 8.06. The molecule has 7 heteroatoms. The van der Waals surface area contributed by atoms with Gasteiger partial charge in [0.05, 0.1) is 16.9 Å². The van der Waals surface area contributed by atoms with Crippen molar-refractivity contribution in [1.82, 2.24) is 5.32 Å². The molecular weight excluding hydrogens is 246 g/mol. The van der Waals surface area contributed by atoms with Gasteiger partial charge in [0.15, 0.2) is 0 Å². The van der Waals surface area contributed by atoms with Crippen LogP contribution in [0.5, 0.6) is 0 Å². The van der Waals surface area contributed by atoms with Crippen LogP contribution in [0, 0.1) is 0 Å². The highest BCUT2D eigenvalue weighted by molar-refractivity contribution is 6.33. The van der Waals surface area contributed by atoms with E-state index in [-0.39, 0.29) is 0 Å². The van der Waals surface area contributed by atoms with Gasteiger partial charge in [0.1, 0.15) is 0 Å². The summed E-state index contributed by atoms with van der Waals surface area (Å²) in [5, 5.41) is 24.3. The Bertz CT molecular complexity index is 396. The highest BCUT2D eigenvalue weighted by Crippen LogP contribution is 2.23. The minimum absolute atomic E-state index is 0.606. The number of halogens is 1. The number of amides is 1. The third-order valence-electron chi connectivity index (χ3n) is 1.71. The third kappa shape index (κ3) is 5.62. The molecule has 0 aromatic heterocycles. The summed E-state index contributed by atoms with van der Waals surface area (Å²) >= 11 is 5.86. The van der Waals surface area contributed by atoms with Crippen molar-refractivity contribution in [2.24, 2.45) is 5.16 Å². The van der Waals surface area contributed by atoms with Gasteiger partial charge in [-0.15, -0.1) is 0 Å². The normalized spacial score (nSPS) is 9.35. The largest absolute Gasteiger partial charge is 0.465 e. The van der Waals surface area contributed by atoms with E-state index in [1.807, 2.05) is 5.32 Å². The van der Waals surface area contributed by atoms with Crippen molar-refractivity contribution in [3.8, 4) is 0 Å². The fourth-order valence-corrected chi connectivity index (χ4v) is 1.25. The summed E-state index contributed by atoms with van der Waals surface area (Å²) in [6, 6.07) is 5.36. The van der Waals surface area contributed by atoms with Crippen molar-refractivity contribution in [1.29, 1.82) is 0 Å². The zero-order valence-electron chi connectivity index (χ0n) is 9.44. The number of nitrogens with zero attached hydrogens (tertiary/aromatic N) is 1. The number of para-hydroxylation sites is 1. The highest BCUT2D eigenvalue weighted by atomic mass is 35.5. The van der Waals surface area contributed by atoms with Gasteiger partial charge in [-0.25, -0.2) is 4.79 Å². The molecular formula is C10H14ClN3O3.